The largest absolute Gasteiger partial charge is 0.251 e. The van der Waals surface area contributed by atoms with E-state index >= 15 is 0 Å². The number of halogens is 2. The summed E-state index contributed by atoms with van der Waals surface area (Å²) >= 11 is 0. The molecule has 1 fully saturated rings. The van der Waals surface area contributed by atoms with Gasteiger partial charge < -0.3 is 0 Å². The Kier molecular flexibility index (Phi) is 3.55. The molecule has 1 atom stereocenters. The van der Waals surface area contributed by atoms with Gasteiger partial charge in [-0.1, -0.05) is 6.42 Å². The van der Waals surface area contributed by atoms with Gasteiger partial charge in [-0.2, -0.15) is 0 Å². The topological polar surface area (TPSA) is 29.4 Å². The van der Waals surface area contributed by atoms with E-state index in [2.05, 4.69) is 4.99 Å². The number of carbonyl (C=O) groups excluding carboxylic acids is 1. The molecule has 0 radical (unpaired) electrons. The molecule has 0 amide bonds. The first kappa shape index (κ1) is 10.3. The third kappa shape index (κ3) is 2.88. The van der Waals surface area contributed by atoms with Crippen LogP contribution in [0.15, 0.2) is 4.99 Å². The van der Waals surface area contributed by atoms with Crippen molar-refractivity contribution in [1.29, 1.82) is 0 Å². The number of hydrogen-bond donors (Lipinski definition) is 0. The molecule has 0 heterocycles. The average Bonchev–Trinajstić information content (AvgIpc) is 2.08. The number of hydrogen-bond acceptors (Lipinski definition) is 2. The fraction of sp³-hybridized carbons (Fsp3) is 0.889. The molecule has 1 rings (SSSR count). The normalized spacial score (nSPS) is 26.5. The number of aliphatic imine (C=N–C) groups is 1. The van der Waals surface area contributed by atoms with E-state index in [1.54, 1.807) is 0 Å². The molecule has 13 heavy (non-hydrogen) atoms. The van der Waals surface area contributed by atoms with Crippen LogP contribution in [0, 0.1) is 5.92 Å². The summed E-state index contributed by atoms with van der Waals surface area (Å²) in [7, 11) is 0. The smallest absolute Gasteiger partial charge is 0.211 e. The van der Waals surface area contributed by atoms with Crippen molar-refractivity contribution in [3.05, 3.63) is 0 Å². The molecule has 0 bridgehead atoms. The van der Waals surface area contributed by atoms with Crippen LogP contribution in [-0.2, 0) is 4.79 Å². The van der Waals surface area contributed by atoms with E-state index < -0.39 is 11.8 Å². The second-order valence-electron chi connectivity index (χ2n) is 3.47. The summed E-state index contributed by atoms with van der Waals surface area (Å²) in [5, 5.41) is 0. The highest BCUT2D eigenvalue weighted by molar-refractivity contribution is 5.32. The zero-order chi connectivity index (χ0) is 9.73. The molecular weight excluding hydrogens is 176 g/mol. The molecule has 2 nitrogen and oxygen atoms in total. The Morgan fingerprint density at radius 1 is 1.46 bits per heavy atom. The van der Waals surface area contributed by atoms with Crippen molar-refractivity contribution in [3.63, 3.8) is 0 Å². The SMILES string of the molecule is O=C=NCCC1CCCCC1(F)F. The van der Waals surface area contributed by atoms with Crippen LogP contribution in [-0.4, -0.2) is 18.5 Å². The summed E-state index contributed by atoms with van der Waals surface area (Å²) in [4.78, 5) is 13.0. The quantitative estimate of drug-likeness (QED) is 0.495. The lowest BCUT2D eigenvalue weighted by Crippen LogP contribution is -2.32. The lowest BCUT2D eigenvalue weighted by atomic mass is 9.83. The van der Waals surface area contributed by atoms with Crippen LogP contribution >= 0.6 is 0 Å². The Bertz CT molecular complexity index is 212. The predicted molar refractivity (Wildman–Crippen MR) is 44.5 cm³/mol. The van der Waals surface area contributed by atoms with Gasteiger partial charge in [-0.3, -0.25) is 0 Å². The summed E-state index contributed by atoms with van der Waals surface area (Å²) in [5.41, 5.74) is 0. The third-order valence-electron chi connectivity index (χ3n) is 2.56. The Labute approximate surface area is 76.0 Å². The van der Waals surface area contributed by atoms with Crippen LogP contribution < -0.4 is 0 Å². The van der Waals surface area contributed by atoms with Crippen molar-refractivity contribution in [2.45, 2.75) is 38.0 Å². The second-order valence-corrected chi connectivity index (χ2v) is 3.47. The monoisotopic (exact) mass is 189 g/mol. The maximum atomic E-state index is 13.2. The van der Waals surface area contributed by atoms with Crippen molar-refractivity contribution < 1.29 is 13.6 Å². The van der Waals surface area contributed by atoms with Crippen LogP contribution in [0.2, 0.25) is 0 Å². The molecule has 0 saturated heterocycles. The summed E-state index contributed by atoms with van der Waals surface area (Å²) in [5.74, 6) is -3.13. The average molecular weight is 189 g/mol. The van der Waals surface area contributed by atoms with Gasteiger partial charge >= 0.3 is 0 Å². The minimum atomic E-state index is -2.54. The zero-order valence-electron chi connectivity index (χ0n) is 7.43. The molecule has 1 saturated carbocycles. The first-order valence-corrected chi connectivity index (χ1v) is 4.58. The lowest BCUT2D eigenvalue weighted by molar-refractivity contribution is -0.0871. The Balaban J connectivity index is 2.41. The second kappa shape index (κ2) is 4.47. The van der Waals surface area contributed by atoms with Crippen LogP contribution in [0.4, 0.5) is 8.78 Å². The van der Waals surface area contributed by atoms with Gasteiger partial charge in [0.1, 0.15) is 0 Å². The highest BCUT2D eigenvalue weighted by Gasteiger charge is 2.40. The molecule has 0 aromatic heterocycles. The van der Waals surface area contributed by atoms with Crippen LogP contribution in [0.25, 0.3) is 0 Å². The van der Waals surface area contributed by atoms with Gasteiger partial charge in [0.05, 0.1) is 6.54 Å². The highest BCUT2D eigenvalue weighted by Crippen LogP contribution is 2.40. The molecule has 0 spiro atoms. The van der Waals surface area contributed by atoms with E-state index in [4.69, 9.17) is 0 Å². The van der Waals surface area contributed by atoms with Gasteiger partial charge in [-0.05, 0) is 19.3 Å². The fourth-order valence-electron chi connectivity index (χ4n) is 1.79. The Hall–Kier alpha value is -0.760. The van der Waals surface area contributed by atoms with Gasteiger partial charge in [0.25, 0.3) is 5.92 Å². The van der Waals surface area contributed by atoms with Gasteiger partial charge in [0.15, 0.2) is 0 Å². The lowest BCUT2D eigenvalue weighted by Gasteiger charge is -2.30. The van der Waals surface area contributed by atoms with Gasteiger partial charge in [-0.15, -0.1) is 0 Å². The van der Waals surface area contributed by atoms with Crippen LogP contribution in [0.3, 0.4) is 0 Å². The van der Waals surface area contributed by atoms with Crippen molar-refractivity contribution in [3.8, 4) is 0 Å². The summed E-state index contributed by atoms with van der Waals surface area (Å²) in [6.45, 7) is 0.184. The van der Waals surface area contributed by atoms with Gasteiger partial charge in [-0.25, -0.2) is 18.6 Å². The fourth-order valence-corrected chi connectivity index (χ4v) is 1.79. The van der Waals surface area contributed by atoms with E-state index in [1.165, 1.54) is 6.08 Å². The summed E-state index contributed by atoms with van der Waals surface area (Å²) in [6, 6.07) is 0. The number of alkyl halides is 2. The van der Waals surface area contributed by atoms with E-state index in [-0.39, 0.29) is 13.0 Å². The number of rotatable bonds is 3. The number of nitrogens with zero attached hydrogens (tertiary/aromatic N) is 1. The van der Waals surface area contributed by atoms with E-state index in [1.807, 2.05) is 0 Å². The highest BCUT2D eigenvalue weighted by atomic mass is 19.3. The van der Waals surface area contributed by atoms with Gasteiger partial charge in [0, 0.05) is 12.3 Å². The standard InChI is InChI=1S/C9H13F2NO/c10-9(11)5-2-1-3-8(9)4-6-12-7-13/h8H,1-6H2. The summed E-state index contributed by atoms with van der Waals surface area (Å²) < 4.78 is 26.3. The maximum absolute atomic E-state index is 13.2. The Morgan fingerprint density at radius 3 is 2.85 bits per heavy atom. The van der Waals surface area contributed by atoms with E-state index in [9.17, 15) is 13.6 Å². The van der Waals surface area contributed by atoms with Gasteiger partial charge in [0.2, 0.25) is 6.08 Å². The first-order valence-electron chi connectivity index (χ1n) is 4.58. The molecule has 74 valence electrons. The molecule has 0 N–H and O–H groups in total. The van der Waals surface area contributed by atoms with Crippen LogP contribution in [0.5, 0.6) is 0 Å². The Morgan fingerprint density at radius 2 is 2.23 bits per heavy atom. The minimum absolute atomic E-state index is 0.0114. The van der Waals surface area contributed by atoms with Crippen LogP contribution in [0.1, 0.15) is 32.1 Å². The van der Waals surface area contributed by atoms with Crippen molar-refractivity contribution >= 4 is 6.08 Å². The molecule has 0 aromatic rings. The third-order valence-corrected chi connectivity index (χ3v) is 2.56. The number of isocyanates is 1. The molecule has 0 aliphatic heterocycles. The first-order chi connectivity index (χ1) is 6.17. The van der Waals surface area contributed by atoms with Crippen molar-refractivity contribution in [1.82, 2.24) is 0 Å². The van der Waals surface area contributed by atoms with Crippen molar-refractivity contribution in [2.24, 2.45) is 10.9 Å². The molecule has 1 aliphatic carbocycles. The molecule has 1 unspecified atom stereocenters. The molecule has 0 aromatic carbocycles. The van der Waals surface area contributed by atoms with Crippen molar-refractivity contribution in [2.75, 3.05) is 6.54 Å². The zero-order valence-corrected chi connectivity index (χ0v) is 7.43. The predicted octanol–water partition coefficient (Wildman–Crippen LogP) is 2.54. The molecule has 4 heteroatoms. The molecular formula is C9H13F2NO. The van der Waals surface area contributed by atoms with E-state index in [0.29, 0.717) is 19.3 Å². The van der Waals surface area contributed by atoms with E-state index in [0.717, 1.165) is 6.42 Å². The maximum Gasteiger partial charge on any atom is 0.251 e. The minimum Gasteiger partial charge on any atom is -0.211 e. The molecule has 1 aliphatic rings. The summed E-state index contributed by atoms with van der Waals surface area (Å²) in [6.07, 6.45) is 3.70.